The van der Waals surface area contributed by atoms with E-state index in [4.69, 9.17) is 9.26 Å². The Morgan fingerprint density at radius 2 is 2.15 bits per heavy atom. The summed E-state index contributed by atoms with van der Waals surface area (Å²) in [6.07, 6.45) is 0. The second kappa shape index (κ2) is 5.05. The van der Waals surface area contributed by atoms with Crippen molar-refractivity contribution in [1.82, 2.24) is 9.56 Å². The highest BCUT2D eigenvalue weighted by molar-refractivity contribution is 7.99. The molecule has 6 heteroatoms. The summed E-state index contributed by atoms with van der Waals surface area (Å²) in [5.41, 5.74) is 0.286. The van der Waals surface area contributed by atoms with Crippen molar-refractivity contribution in [1.29, 1.82) is 0 Å². The van der Waals surface area contributed by atoms with Crippen LogP contribution in [0.2, 0.25) is 0 Å². The van der Waals surface area contributed by atoms with Gasteiger partial charge in [0.1, 0.15) is 16.5 Å². The van der Waals surface area contributed by atoms with E-state index in [9.17, 15) is 4.79 Å². The average Bonchev–Trinajstić information content (AvgIpc) is 2.80. The van der Waals surface area contributed by atoms with Gasteiger partial charge >= 0.3 is 0 Å². The van der Waals surface area contributed by atoms with Crippen molar-refractivity contribution in [3.8, 4) is 5.75 Å². The normalized spacial score (nSPS) is 10.9. The van der Waals surface area contributed by atoms with Crippen LogP contribution in [0.4, 0.5) is 0 Å². The van der Waals surface area contributed by atoms with Gasteiger partial charge in [0.25, 0.3) is 5.56 Å². The molecular weight excluding hydrogens is 276 g/mol. The van der Waals surface area contributed by atoms with Gasteiger partial charge in [0.15, 0.2) is 5.65 Å². The lowest BCUT2D eigenvalue weighted by Crippen LogP contribution is -2.11. The molecule has 5 nitrogen and oxygen atoms in total. The quantitative estimate of drug-likeness (QED) is 0.694. The maximum Gasteiger partial charge on any atom is 0.288 e. The van der Waals surface area contributed by atoms with Crippen LogP contribution in [0.1, 0.15) is 5.76 Å². The number of aryl methyl sites for hydroxylation is 1. The zero-order valence-electron chi connectivity index (χ0n) is 11.0. The number of methoxy groups -OCH3 is 1. The molecule has 0 saturated carbocycles. The Kier molecular flexibility index (Phi) is 3.23. The highest BCUT2D eigenvalue weighted by Crippen LogP contribution is 2.28. The summed E-state index contributed by atoms with van der Waals surface area (Å²) >= 11 is 1.41. The smallest absolute Gasteiger partial charge is 0.288 e. The summed E-state index contributed by atoms with van der Waals surface area (Å²) in [5, 5.41) is 0.629. The summed E-state index contributed by atoms with van der Waals surface area (Å²) < 4.78 is 11.6. The maximum atomic E-state index is 11.9. The Labute approximate surface area is 119 Å². The van der Waals surface area contributed by atoms with Gasteiger partial charge in [-0.05, 0) is 25.1 Å². The molecule has 3 rings (SSSR count). The summed E-state index contributed by atoms with van der Waals surface area (Å²) in [6.45, 7) is 1.78. The Morgan fingerprint density at radius 1 is 1.30 bits per heavy atom. The van der Waals surface area contributed by atoms with Crippen LogP contribution in [0.3, 0.4) is 0 Å². The first-order valence-electron chi connectivity index (χ1n) is 5.98. The standard InChI is InChI=1S/C14H12N2O3S/c1-9-6-12-15-13(8-14(17)16(12)19-9)20-11-5-3-4-10(7-11)18-2/h3-8H,1-2H3. The lowest BCUT2D eigenvalue weighted by molar-refractivity contribution is 0.344. The number of nitrogens with zero attached hydrogens (tertiary/aromatic N) is 2. The largest absolute Gasteiger partial charge is 0.497 e. The van der Waals surface area contributed by atoms with Gasteiger partial charge in [-0.2, -0.15) is 0 Å². The first kappa shape index (κ1) is 12.8. The molecule has 0 N–H and O–H groups in total. The number of hydrogen-bond acceptors (Lipinski definition) is 5. The molecule has 1 aromatic carbocycles. The molecule has 0 amide bonds. The number of benzene rings is 1. The second-order valence-electron chi connectivity index (χ2n) is 4.21. The van der Waals surface area contributed by atoms with E-state index in [1.54, 1.807) is 20.1 Å². The molecule has 0 spiro atoms. The molecule has 0 bridgehead atoms. The van der Waals surface area contributed by atoms with Crippen LogP contribution in [-0.2, 0) is 0 Å². The average molecular weight is 288 g/mol. The molecular formula is C14H12N2O3S. The molecule has 3 aromatic rings. The molecule has 0 atom stereocenters. The van der Waals surface area contributed by atoms with Gasteiger partial charge in [-0.3, -0.25) is 4.79 Å². The van der Waals surface area contributed by atoms with Crippen LogP contribution in [0.5, 0.6) is 5.75 Å². The monoisotopic (exact) mass is 288 g/mol. The van der Waals surface area contributed by atoms with E-state index in [-0.39, 0.29) is 5.56 Å². The third-order valence-electron chi connectivity index (χ3n) is 2.71. The maximum absolute atomic E-state index is 11.9. The number of fused-ring (bicyclic) bond motifs is 1. The van der Waals surface area contributed by atoms with Crippen molar-refractivity contribution in [3.05, 3.63) is 52.5 Å². The van der Waals surface area contributed by atoms with Crippen molar-refractivity contribution in [2.45, 2.75) is 16.8 Å². The number of aromatic nitrogens is 2. The van der Waals surface area contributed by atoms with Crippen molar-refractivity contribution in [2.24, 2.45) is 0 Å². The number of ether oxygens (including phenoxy) is 1. The predicted octanol–water partition coefficient (Wildman–Crippen LogP) is 2.76. The van der Waals surface area contributed by atoms with E-state index in [0.717, 1.165) is 10.6 Å². The van der Waals surface area contributed by atoms with Gasteiger partial charge in [-0.25, -0.2) is 4.98 Å². The molecule has 0 radical (unpaired) electrons. The van der Waals surface area contributed by atoms with E-state index < -0.39 is 0 Å². The molecule has 0 saturated heterocycles. The molecule has 102 valence electrons. The molecule has 0 fully saturated rings. The Hall–Kier alpha value is -2.21. The minimum atomic E-state index is -0.228. The van der Waals surface area contributed by atoms with Gasteiger partial charge in [0.05, 0.1) is 7.11 Å². The summed E-state index contributed by atoms with van der Waals surface area (Å²) in [6, 6.07) is 10.8. The van der Waals surface area contributed by atoms with Gasteiger partial charge in [0, 0.05) is 17.0 Å². The lowest BCUT2D eigenvalue weighted by atomic mass is 10.3. The topological polar surface area (TPSA) is 56.7 Å². The lowest BCUT2D eigenvalue weighted by Gasteiger charge is -2.03. The minimum Gasteiger partial charge on any atom is -0.497 e. The SMILES string of the molecule is COc1cccc(Sc2cc(=O)n3oc(C)cc3n2)c1. The highest BCUT2D eigenvalue weighted by atomic mass is 32.2. The van der Waals surface area contributed by atoms with Crippen LogP contribution in [0.25, 0.3) is 5.65 Å². The summed E-state index contributed by atoms with van der Waals surface area (Å²) in [7, 11) is 1.62. The molecule has 0 aliphatic rings. The van der Waals surface area contributed by atoms with Crippen molar-refractivity contribution >= 4 is 17.4 Å². The van der Waals surface area contributed by atoms with Gasteiger partial charge < -0.3 is 9.26 Å². The van der Waals surface area contributed by atoms with Crippen LogP contribution >= 0.6 is 11.8 Å². The van der Waals surface area contributed by atoms with Crippen LogP contribution in [0.15, 0.2) is 55.6 Å². The third-order valence-corrected chi connectivity index (χ3v) is 3.62. The summed E-state index contributed by atoms with van der Waals surface area (Å²) in [5.74, 6) is 1.42. The van der Waals surface area contributed by atoms with E-state index in [0.29, 0.717) is 16.4 Å². The fourth-order valence-corrected chi connectivity index (χ4v) is 2.70. The molecule has 0 unspecified atom stereocenters. The van der Waals surface area contributed by atoms with E-state index in [2.05, 4.69) is 4.98 Å². The van der Waals surface area contributed by atoms with Crippen molar-refractivity contribution in [3.63, 3.8) is 0 Å². The van der Waals surface area contributed by atoms with E-state index >= 15 is 0 Å². The fraction of sp³-hybridized carbons (Fsp3) is 0.143. The molecule has 20 heavy (non-hydrogen) atoms. The first-order chi connectivity index (χ1) is 9.65. The Balaban J connectivity index is 1.99. The minimum absolute atomic E-state index is 0.228. The predicted molar refractivity (Wildman–Crippen MR) is 75.6 cm³/mol. The second-order valence-corrected chi connectivity index (χ2v) is 5.31. The van der Waals surface area contributed by atoms with Crippen molar-refractivity contribution < 1.29 is 9.26 Å². The molecule has 2 heterocycles. The van der Waals surface area contributed by atoms with Gasteiger partial charge in [-0.15, -0.1) is 4.57 Å². The van der Waals surface area contributed by atoms with Crippen LogP contribution in [0, 0.1) is 6.92 Å². The van der Waals surface area contributed by atoms with Gasteiger partial charge in [0.2, 0.25) is 0 Å². The molecule has 0 aliphatic heterocycles. The van der Waals surface area contributed by atoms with Crippen LogP contribution < -0.4 is 10.3 Å². The zero-order valence-corrected chi connectivity index (χ0v) is 11.8. The number of rotatable bonds is 3. The van der Waals surface area contributed by atoms with Gasteiger partial charge in [-0.1, -0.05) is 17.8 Å². The molecule has 2 aromatic heterocycles. The first-order valence-corrected chi connectivity index (χ1v) is 6.80. The number of hydrogen-bond donors (Lipinski definition) is 0. The highest BCUT2D eigenvalue weighted by Gasteiger charge is 2.08. The van der Waals surface area contributed by atoms with E-state index in [1.807, 2.05) is 24.3 Å². The molecule has 0 aliphatic carbocycles. The Morgan fingerprint density at radius 3 is 2.95 bits per heavy atom. The fourth-order valence-electron chi connectivity index (χ4n) is 1.84. The third kappa shape index (κ3) is 2.42. The summed E-state index contributed by atoms with van der Waals surface area (Å²) in [4.78, 5) is 17.3. The van der Waals surface area contributed by atoms with Crippen molar-refractivity contribution in [2.75, 3.05) is 7.11 Å². The van der Waals surface area contributed by atoms with E-state index in [1.165, 1.54) is 22.4 Å². The Bertz CT molecular complexity index is 823. The van der Waals surface area contributed by atoms with Crippen LogP contribution in [-0.4, -0.2) is 16.7 Å². The zero-order chi connectivity index (χ0) is 14.1.